The molecule has 0 aromatic heterocycles. The number of hydrogen-bond acceptors (Lipinski definition) is 3. The SMILES string of the molecule is CCOC(C)CNC(=O)c1cc(F)cc(N)c1F. The number of halogens is 2. The van der Waals surface area contributed by atoms with Gasteiger partial charge in [0, 0.05) is 13.2 Å². The Bertz CT molecular complexity index is 438. The zero-order valence-electron chi connectivity index (χ0n) is 10.3. The van der Waals surface area contributed by atoms with Gasteiger partial charge >= 0.3 is 0 Å². The van der Waals surface area contributed by atoms with Gasteiger partial charge in [-0.3, -0.25) is 4.79 Å². The molecule has 0 aliphatic heterocycles. The van der Waals surface area contributed by atoms with Gasteiger partial charge in [-0.15, -0.1) is 0 Å². The van der Waals surface area contributed by atoms with Gasteiger partial charge in [0.1, 0.15) is 5.82 Å². The maximum absolute atomic E-state index is 13.5. The summed E-state index contributed by atoms with van der Waals surface area (Å²) in [4.78, 5) is 11.6. The van der Waals surface area contributed by atoms with E-state index >= 15 is 0 Å². The molecule has 3 N–H and O–H groups in total. The van der Waals surface area contributed by atoms with Crippen molar-refractivity contribution >= 4 is 11.6 Å². The van der Waals surface area contributed by atoms with E-state index < -0.39 is 28.8 Å². The maximum atomic E-state index is 13.5. The Labute approximate surface area is 104 Å². The zero-order valence-corrected chi connectivity index (χ0v) is 10.3. The second kappa shape index (κ2) is 6.30. The predicted molar refractivity (Wildman–Crippen MR) is 64.2 cm³/mol. The highest BCUT2D eigenvalue weighted by Gasteiger charge is 2.16. The lowest BCUT2D eigenvalue weighted by Crippen LogP contribution is -2.32. The van der Waals surface area contributed by atoms with Crippen LogP contribution in [0.5, 0.6) is 0 Å². The first-order valence-corrected chi connectivity index (χ1v) is 5.60. The number of amides is 1. The van der Waals surface area contributed by atoms with Crippen molar-refractivity contribution in [2.24, 2.45) is 0 Å². The lowest BCUT2D eigenvalue weighted by atomic mass is 10.1. The first-order chi connectivity index (χ1) is 8.45. The fourth-order valence-corrected chi connectivity index (χ4v) is 1.45. The largest absolute Gasteiger partial charge is 0.396 e. The summed E-state index contributed by atoms with van der Waals surface area (Å²) < 4.78 is 31.8. The van der Waals surface area contributed by atoms with E-state index in [9.17, 15) is 13.6 Å². The monoisotopic (exact) mass is 258 g/mol. The quantitative estimate of drug-likeness (QED) is 0.790. The molecule has 4 nitrogen and oxygen atoms in total. The van der Waals surface area contributed by atoms with Crippen molar-refractivity contribution in [2.45, 2.75) is 20.0 Å². The van der Waals surface area contributed by atoms with Crippen LogP contribution in [0.25, 0.3) is 0 Å². The van der Waals surface area contributed by atoms with E-state index in [4.69, 9.17) is 10.5 Å². The van der Waals surface area contributed by atoms with Crippen molar-refractivity contribution in [3.8, 4) is 0 Å². The molecule has 0 saturated carbocycles. The van der Waals surface area contributed by atoms with Gasteiger partial charge in [0.2, 0.25) is 0 Å². The van der Waals surface area contributed by atoms with Gasteiger partial charge in [0.05, 0.1) is 17.4 Å². The van der Waals surface area contributed by atoms with Gasteiger partial charge in [-0.1, -0.05) is 0 Å². The van der Waals surface area contributed by atoms with Gasteiger partial charge in [-0.2, -0.15) is 0 Å². The lowest BCUT2D eigenvalue weighted by molar-refractivity contribution is 0.0693. The summed E-state index contributed by atoms with van der Waals surface area (Å²) in [6.45, 7) is 4.31. The number of nitrogens with one attached hydrogen (secondary N) is 1. The van der Waals surface area contributed by atoms with Crippen molar-refractivity contribution < 1.29 is 18.3 Å². The lowest BCUT2D eigenvalue weighted by Gasteiger charge is -2.13. The van der Waals surface area contributed by atoms with Crippen LogP contribution in [0.4, 0.5) is 14.5 Å². The van der Waals surface area contributed by atoms with Crippen LogP contribution in [-0.2, 0) is 4.74 Å². The van der Waals surface area contributed by atoms with Crippen LogP contribution in [0.1, 0.15) is 24.2 Å². The Morgan fingerprint density at radius 1 is 1.50 bits per heavy atom. The van der Waals surface area contributed by atoms with Gasteiger partial charge in [-0.05, 0) is 26.0 Å². The number of benzene rings is 1. The Kier molecular flexibility index (Phi) is 5.03. The van der Waals surface area contributed by atoms with Gasteiger partial charge in [0.25, 0.3) is 5.91 Å². The van der Waals surface area contributed by atoms with E-state index in [1.807, 2.05) is 6.92 Å². The fourth-order valence-electron chi connectivity index (χ4n) is 1.45. The summed E-state index contributed by atoms with van der Waals surface area (Å²) in [5.74, 6) is -2.39. The highest BCUT2D eigenvalue weighted by molar-refractivity contribution is 5.95. The molecule has 18 heavy (non-hydrogen) atoms. The van der Waals surface area contributed by atoms with Crippen molar-refractivity contribution in [1.82, 2.24) is 5.32 Å². The van der Waals surface area contributed by atoms with E-state index in [0.717, 1.165) is 12.1 Å². The molecular weight excluding hydrogens is 242 g/mol. The number of ether oxygens (including phenoxy) is 1. The summed E-state index contributed by atoms with van der Waals surface area (Å²) in [6, 6.07) is 1.64. The average molecular weight is 258 g/mol. The van der Waals surface area contributed by atoms with Crippen LogP contribution in [0.2, 0.25) is 0 Å². The second-order valence-electron chi connectivity index (χ2n) is 3.83. The summed E-state index contributed by atoms with van der Waals surface area (Å²) in [6.07, 6.45) is -0.201. The first kappa shape index (κ1) is 14.4. The molecule has 1 aromatic carbocycles. The summed E-state index contributed by atoms with van der Waals surface area (Å²) in [5, 5.41) is 2.45. The van der Waals surface area contributed by atoms with Crippen LogP contribution >= 0.6 is 0 Å². The van der Waals surface area contributed by atoms with Crippen molar-refractivity contribution in [3.05, 3.63) is 29.3 Å². The third kappa shape index (κ3) is 3.66. The fraction of sp³-hybridized carbons (Fsp3) is 0.417. The van der Waals surface area contributed by atoms with Crippen LogP contribution in [0.15, 0.2) is 12.1 Å². The molecular formula is C12H16F2N2O2. The van der Waals surface area contributed by atoms with E-state index in [-0.39, 0.29) is 12.6 Å². The molecule has 0 aliphatic carbocycles. The molecule has 1 aromatic rings. The van der Waals surface area contributed by atoms with Crippen LogP contribution in [-0.4, -0.2) is 25.2 Å². The highest BCUT2D eigenvalue weighted by Crippen LogP contribution is 2.17. The molecule has 1 atom stereocenters. The molecule has 0 fully saturated rings. The number of hydrogen-bond donors (Lipinski definition) is 2. The topological polar surface area (TPSA) is 64.3 Å². The molecule has 1 unspecified atom stereocenters. The summed E-state index contributed by atoms with van der Waals surface area (Å²) in [5.41, 5.74) is 4.45. The molecule has 100 valence electrons. The Morgan fingerprint density at radius 3 is 2.78 bits per heavy atom. The Balaban J connectivity index is 2.73. The highest BCUT2D eigenvalue weighted by atomic mass is 19.1. The van der Waals surface area contributed by atoms with E-state index in [0.29, 0.717) is 6.61 Å². The van der Waals surface area contributed by atoms with Crippen molar-refractivity contribution in [3.63, 3.8) is 0 Å². The number of nitrogen functional groups attached to an aromatic ring is 1. The molecule has 0 saturated heterocycles. The van der Waals surface area contributed by atoms with E-state index in [1.54, 1.807) is 6.92 Å². The van der Waals surface area contributed by atoms with Crippen LogP contribution in [0.3, 0.4) is 0 Å². The number of carbonyl (C=O) groups excluding carboxylic acids is 1. The van der Waals surface area contributed by atoms with Gasteiger partial charge in [-0.25, -0.2) is 8.78 Å². The molecule has 0 bridgehead atoms. The minimum absolute atomic E-state index is 0.201. The first-order valence-electron chi connectivity index (χ1n) is 5.60. The average Bonchev–Trinajstić information content (AvgIpc) is 2.31. The Hall–Kier alpha value is -1.69. The smallest absolute Gasteiger partial charge is 0.254 e. The van der Waals surface area contributed by atoms with E-state index in [2.05, 4.69) is 5.32 Å². The summed E-state index contributed by atoms with van der Waals surface area (Å²) in [7, 11) is 0. The number of rotatable bonds is 5. The normalized spacial score (nSPS) is 12.2. The van der Waals surface area contributed by atoms with E-state index in [1.165, 1.54) is 0 Å². The number of carbonyl (C=O) groups is 1. The predicted octanol–water partition coefficient (Wildman–Crippen LogP) is 1.70. The molecule has 1 amide bonds. The Morgan fingerprint density at radius 2 is 2.17 bits per heavy atom. The van der Waals surface area contributed by atoms with Crippen molar-refractivity contribution in [1.29, 1.82) is 0 Å². The zero-order chi connectivity index (χ0) is 13.7. The van der Waals surface area contributed by atoms with Crippen LogP contribution < -0.4 is 11.1 Å². The maximum Gasteiger partial charge on any atom is 0.254 e. The third-order valence-corrected chi connectivity index (χ3v) is 2.31. The van der Waals surface area contributed by atoms with Gasteiger partial charge < -0.3 is 15.8 Å². The minimum atomic E-state index is -0.919. The molecule has 0 aliphatic rings. The van der Waals surface area contributed by atoms with Crippen molar-refractivity contribution in [2.75, 3.05) is 18.9 Å². The number of nitrogens with two attached hydrogens (primary N) is 1. The standard InChI is InChI=1S/C12H16F2N2O2/c1-3-18-7(2)6-16-12(17)9-4-8(13)5-10(15)11(9)14/h4-5,7H,3,6,15H2,1-2H3,(H,16,17). The molecule has 6 heteroatoms. The third-order valence-electron chi connectivity index (χ3n) is 2.31. The van der Waals surface area contributed by atoms with Crippen LogP contribution in [0, 0.1) is 11.6 Å². The van der Waals surface area contributed by atoms with Gasteiger partial charge in [0.15, 0.2) is 5.82 Å². The minimum Gasteiger partial charge on any atom is -0.396 e. The summed E-state index contributed by atoms with van der Waals surface area (Å²) >= 11 is 0. The molecule has 1 rings (SSSR count). The number of anilines is 1. The molecule has 0 radical (unpaired) electrons. The second-order valence-corrected chi connectivity index (χ2v) is 3.83. The molecule has 0 spiro atoms. The molecule has 0 heterocycles.